The maximum absolute atomic E-state index is 13.2. The van der Waals surface area contributed by atoms with E-state index in [0.29, 0.717) is 29.4 Å². The van der Waals surface area contributed by atoms with Crippen molar-refractivity contribution in [3.8, 4) is 0 Å². The molecule has 7 nitrogen and oxygen atoms in total. The van der Waals surface area contributed by atoms with Gasteiger partial charge in [0.05, 0.1) is 22.8 Å². The predicted octanol–water partition coefficient (Wildman–Crippen LogP) is 7.39. The molecule has 234 valence electrons. The quantitative estimate of drug-likeness (QED) is 0.104. The second-order valence-electron chi connectivity index (χ2n) is 13.2. The van der Waals surface area contributed by atoms with E-state index in [-0.39, 0.29) is 10.9 Å². The Bertz CT molecular complexity index is 1620. The molecule has 0 radical (unpaired) electrons. The van der Waals surface area contributed by atoms with Crippen LogP contribution < -0.4 is 10.8 Å². The lowest BCUT2D eigenvalue weighted by Gasteiger charge is -2.32. The molecule has 0 saturated carbocycles. The number of alkyl halides is 3. The summed E-state index contributed by atoms with van der Waals surface area (Å²) in [6.45, 7) is 14.3. The van der Waals surface area contributed by atoms with Crippen LogP contribution in [0.15, 0.2) is 36.7 Å². The molecule has 0 spiro atoms. The van der Waals surface area contributed by atoms with Gasteiger partial charge in [0, 0.05) is 50.6 Å². The molecule has 13 heteroatoms. The minimum Gasteiger partial charge on any atom is -0.367 e. The molecule has 1 fully saturated rings. The van der Waals surface area contributed by atoms with Crippen molar-refractivity contribution in [2.75, 3.05) is 38.3 Å². The maximum atomic E-state index is 13.2. The van der Waals surface area contributed by atoms with Gasteiger partial charge in [-0.05, 0) is 62.0 Å². The van der Waals surface area contributed by atoms with E-state index < -0.39 is 27.8 Å². The van der Waals surface area contributed by atoms with Crippen molar-refractivity contribution >= 4 is 58.9 Å². The van der Waals surface area contributed by atoms with Gasteiger partial charge in [-0.15, -0.1) is 11.3 Å². The van der Waals surface area contributed by atoms with Crippen LogP contribution in [-0.4, -0.2) is 72.8 Å². The van der Waals surface area contributed by atoms with Crippen LogP contribution in [0.25, 0.3) is 21.1 Å². The van der Waals surface area contributed by atoms with Crippen molar-refractivity contribution in [3.63, 3.8) is 0 Å². The number of thiophene rings is 1. The first-order valence-electron chi connectivity index (χ1n) is 14.7. The molecule has 4 aromatic rings. The normalized spacial score (nSPS) is 16.0. The van der Waals surface area contributed by atoms with Gasteiger partial charge in [-0.3, -0.25) is 4.90 Å². The van der Waals surface area contributed by atoms with Crippen molar-refractivity contribution in [2.24, 2.45) is 0 Å². The minimum absolute atomic E-state index is 0.184. The van der Waals surface area contributed by atoms with Crippen molar-refractivity contribution in [1.82, 2.24) is 19.4 Å². The van der Waals surface area contributed by atoms with Crippen molar-refractivity contribution in [2.45, 2.75) is 70.4 Å². The fraction of sp³-hybridized carbons (Fsp3) is 0.533. The molecule has 1 aliphatic rings. The van der Waals surface area contributed by atoms with Crippen molar-refractivity contribution < 1.29 is 22.5 Å². The van der Waals surface area contributed by atoms with Crippen LogP contribution in [0, 0.1) is 0 Å². The van der Waals surface area contributed by atoms with Gasteiger partial charge in [-0.2, -0.15) is 13.2 Å². The Kier molecular flexibility index (Phi) is 9.45. The summed E-state index contributed by atoms with van der Waals surface area (Å²) in [5, 5.41) is 5.20. The number of ether oxygens (including phenoxy) is 1. The van der Waals surface area contributed by atoms with Crippen LogP contribution in [0.5, 0.6) is 0 Å². The zero-order valence-electron chi connectivity index (χ0n) is 25.5. The summed E-state index contributed by atoms with van der Waals surface area (Å²) in [6.07, 6.45) is -1.99. The third-order valence-corrected chi connectivity index (χ3v) is 12.0. The van der Waals surface area contributed by atoms with Crippen LogP contribution in [0.4, 0.5) is 19.0 Å². The lowest BCUT2D eigenvalue weighted by atomic mass is 10.0. The first-order chi connectivity index (χ1) is 20.1. The second-order valence-corrected chi connectivity index (χ2v) is 23.1. The molecule has 1 aliphatic heterocycles. The van der Waals surface area contributed by atoms with E-state index in [2.05, 4.69) is 68.7 Å². The molecular weight excluding hydrogens is 610 g/mol. The molecular formula is C30H41F3N5O2PSSi. The summed E-state index contributed by atoms with van der Waals surface area (Å²) in [5.74, 6) is 0.604. The SMILES string of the molecule is C[Si](C)(C)CCOCn1c(P(C)(C)=O)cc2cc(CN3CCC(Nc4ncnc5sc(CC(F)(F)F)cc45)CC3)ccc21. The minimum atomic E-state index is -4.25. The van der Waals surface area contributed by atoms with Crippen molar-refractivity contribution in [1.29, 1.82) is 0 Å². The highest BCUT2D eigenvalue weighted by Crippen LogP contribution is 2.37. The van der Waals surface area contributed by atoms with E-state index in [1.807, 2.05) is 13.3 Å². The first kappa shape index (κ1) is 32.2. The van der Waals surface area contributed by atoms with Gasteiger partial charge in [0.1, 0.15) is 30.8 Å². The summed E-state index contributed by atoms with van der Waals surface area (Å²) in [5.41, 5.74) is 3.09. The standard InChI is InChI=1S/C30H41F3N5O2PSSi/c1-41(2,39)27-15-22-14-21(6-7-26(22)38(27)20-40-12-13-43(3,4)5)18-37-10-8-23(9-11-37)36-28-25-16-24(17-30(31,32)33)42-29(25)35-19-34-28/h6-7,14-16,19,23H,8-13,17-18,20H2,1-5H3,(H,34,35,36). The summed E-state index contributed by atoms with van der Waals surface area (Å²) < 4.78 is 60.0. The number of halogens is 3. The van der Waals surface area contributed by atoms with E-state index in [1.165, 1.54) is 11.9 Å². The van der Waals surface area contributed by atoms with Crippen LogP contribution in [0.1, 0.15) is 23.3 Å². The number of anilines is 1. The van der Waals surface area contributed by atoms with E-state index in [4.69, 9.17) is 4.74 Å². The number of nitrogens with one attached hydrogen (secondary N) is 1. The van der Waals surface area contributed by atoms with Crippen LogP contribution in [0.3, 0.4) is 0 Å². The number of nitrogens with zero attached hydrogens (tertiary/aromatic N) is 4. The predicted molar refractivity (Wildman–Crippen MR) is 174 cm³/mol. The van der Waals surface area contributed by atoms with Crippen LogP contribution in [0.2, 0.25) is 25.7 Å². The Balaban J connectivity index is 1.21. The molecule has 0 bridgehead atoms. The Morgan fingerprint density at radius 2 is 1.86 bits per heavy atom. The lowest BCUT2D eigenvalue weighted by molar-refractivity contribution is -0.126. The molecule has 1 aromatic carbocycles. The van der Waals surface area contributed by atoms with Gasteiger partial charge >= 0.3 is 6.18 Å². The summed E-state index contributed by atoms with van der Waals surface area (Å²) in [4.78, 5) is 11.8. The van der Waals surface area contributed by atoms with Gasteiger partial charge in [-0.25, -0.2) is 9.97 Å². The number of hydrogen-bond donors (Lipinski definition) is 1. The van der Waals surface area contributed by atoms with E-state index in [9.17, 15) is 17.7 Å². The van der Waals surface area contributed by atoms with E-state index >= 15 is 0 Å². The smallest absolute Gasteiger partial charge is 0.367 e. The Labute approximate surface area is 256 Å². The summed E-state index contributed by atoms with van der Waals surface area (Å²) >= 11 is 1.07. The van der Waals surface area contributed by atoms with E-state index in [0.717, 1.165) is 66.2 Å². The monoisotopic (exact) mass is 651 g/mol. The molecule has 1 saturated heterocycles. The number of aromatic nitrogens is 3. The Morgan fingerprint density at radius 3 is 2.53 bits per heavy atom. The Morgan fingerprint density at radius 1 is 1.12 bits per heavy atom. The summed E-state index contributed by atoms with van der Waals surface area (Å²) in [7, 11) is -3.69. The number of rotatable bonds is 11. The van der Waals surface area contributed by atoms with Crippen LogP contribution in [-0.2, 0) is 29.0 Å². The number of fused-ring (bicyclic) bond motifs is 2. The average Bonchev–Trinajstić information content (AvgIpc) is 3.47. The maximum Gasteiger partial charge on any atom is 0.393 e. The fourth-order valence-corrected chi connectivity index (χ4v) is 8.49. The molecule has 5 rings (SSSR count). The average molecular weight is 652 g/mol. The molecule has 0 atom stereocenters. The van der Waals surface area contributed by atoms with E-state index in [1.54, 1.807) is 6.07 Å². The molecule has 0 unspecified atom stereocenters. The van der Waals surface area contributed by atoms with Gasteiger partial charge < -0.3 is 19.2 Å². The molecule has 1 N–H and O–H groups in total. The highest BCUT2D eigenvalue weighted by Gasteiger charge is 2.29. The van der Waals surface area contributed by atoms with Crippen molar-refractivity contribution in [3.05, 3.63) is 47.1 Å². The highest BCUT2D eigenvalue weighted by atomic mass is 32.1. The van der Waals surface area contributed by atoms with Gasteiger partial charge in [0.25, 0.3) is 0 Å². The largest absolute Gasteiger partial charge is 0.393 e. The number of hydrogen-bond acceptors (Lipinski definition) is 7. The van der Waals surface area contributed by atoms with Gasteiger partial charge in [0.2, 0.25) is 0 Å². The molecule has 0 aliphatic carbocycles. The molecule has 43 heavy (non-hydrogen) atoms. The second kappa shape index (κ2) is 12.6. The summed E-state index contributed by atoms with van der Waals surface area (Å²) in [6, 6.07) is 11.4. The van der Waals surface area contributed by atoms with Crippen LogP contribution >= 0.6 is 18.5 Å². The zero-order valence-corrected chi connectivity index (χ0v) is 28.2. The Hall–Kier alpha value is -2.24. The zero-order chi connectivity index (χ0) is 31.0. The van der Waals surface area contributed by atoms with Gasteiger partial charge in [-0.1, -0.05) is 25.7 Å². The number of likely N-dealkylation sites (tertiary alicyclic amines) is 1. The molecule has 3 aromatic heterocycles. The third kappa shape index (κ3) is 8.48. The first-order valence-corrected chi connectivity index (χ1v) is 21.8. The number of benzene rings is 1. The fourth-order valence-electron chi connectivity index (χ4n) is 5.51. The molecule has 4 heterocycles. The number of piperidine rings is 1. The van der Waals surface area contributed by atoms with Gasteiger partial charge in [0.15, 0.2) is 0 Å². The topological polar surface area (TPSA) is 72.3 Å². The lowest BCUT2D eigenvalue weighted by Crippen LogP contribution is -2.38. The molecule has 0 amide bonds. The third-order valence-electron chi connectivity index (χ3n) is 7.80. The highest BCUT2D eigenvalue weighted by molar-refractivity contribution is 7.70.